The molecule has 1 amide bonds. The number of hydrogen-bond acceptors (Lipinski definition) is 4. The van der Waals surface area contributed by atoms with E-state index in [1.165, 1.54) is 11.3 Å². The highest BCUT2D eigenvalue weighted by Gasteiger charge is 2.16. The molecule has 5 nitrogen and oxygen atoms in total. The third kappa shape index (κ3) is 3.09. The molecule has 1 N–H and O–H groups in total. The van der Waals surface area contributed by atoms with Gasteiger partial charge in [-0.1, -0.05) is 46.7 Å². The van der Waals surface area contributed by atoms with Gasteiger partial charge in [0.15, 0.2) is 0 Å². The largest absolute Gasteiger partial charge is 0.306 e. The molecule has 130 valence electrons. The molecule has 26 heavy (non-hydrogen) atoms. The maximum Gasteiger partial charge on any atom is 0.256 e. The van der Waals surface area contributed by atoms with E-state index in [2.05, 4.69) is 15.4 Å². The molecule has 2 aromatic heterocycles. The van der Waals surface area contributed by atoms with Crippen molar-refractivity contribution in [3.05, 3.63) is 70.4 Å². The topological polar surface area (TPSA) is 59.8 Å². The molecule has 0 unspecified atom stereocenters. The number of aryl methyl sites for hydroxylation is 2. The number of nitrogens with one attached hydrogen (secondary N) is 1. The van der Waals surface area contributed by atoms with Crippen LogP contribution in [-0.4, -0.2) is 20.7 Å². The van der Waals surface area contributed by atoms with Crippen molar-refractivity contribution >= 4 is 44.9 Å². The molecule has 0 bridgehead atoms. The highest BCUT2D eigenvalue weighted by Crippen LogP contribution is 2.31. The van der Waals surface area contributed by atoms with E-state index in [0.29, 0.717) is 21.5 Å². The van der Waals surface area contributed by atoms with Gasteiger partial charge in [0.25, 0.3) is 5.91 Å². The number of carbonyl (C=O) groups excluding carboxylic acids is 1. The number of nitrogens with zero attached hydrogens (tertiary/aromatic N) is 3. The lowest BCUT2D eigenvalue weighted by atomic mass is 10.1. The number of amides is 1. The third-order valence-electron chi connectivity index (χ3n) is 3.93. The van der Waals surface area contributed by atoms with Crippen molar-refractivity contribution in [1.82, 2.24) is 14.8 Å². The van der Waals surface area contributed by atoms with Gasteiger partial charge < -0.3 is 5.32 Å². The van der Waals surface area contributed by atoms with Crippen molar-refractivity contribution in [2.24, 2.45) is 0 Å². The number of benzene rings is 2. The minimum atomic E-state index is -0.190. The van der Waals surface area contributed by atoms with E-state index in [0.717, 1.165) is 21.5 Å². The first-order valence-electron chi connectivity index (χ1n) is 8.01. The van der Waals surface area contributed by atoms with Crippen LogP contribution in [0, 0.1) is 13.8 Å². The van der Waals surface area contributed by atoms with Crippen LogP contribution in [0.2, 0.25) is 5.02 Å². The number of aromatic nitrogens is 3. The SMILES string of the molecule is Cc1ccc(C(=O)Nc2cc(C)nn2-c2nc3c(Cl)cccc3s2)cc1. The Kier molecular flexibility index (Phi) is 4.22. The number of halogens is 1. The van der Waals surface area contributed by atoms with E-state index in [9.17, 15) is 4.79 Å². The number of rotatable bonds is 3. The van der Waals surface area contributed by atoms with Crippen molar-refractivity contribution in [1.29, 1.82) is 0 Å². The van der Waals surface area contributed by atoms with Crippen LogP contribution in [0.4, 0.5) is 5.82 Å². The zero-order chi connectivity index (χ0) is 18.3. The highest BCUT2D eigenvalue weighted by atomic mass is 35.5. The molecular weight excluding hydrogens is 368 g/mol. The van der Waals surface area contributed by atoms with E-state index in [-0.39, 0.29) is 5.91 Å². The number of thiazole rings is 1. The Balaban J connectivity index is 1.71. The molecule has 0 atom stereocenters. The van der Waals surface area contributed by atoms with Crippen LogP contribution in [0.25, 0.3) is 15.3 Å². The molecule has 4 rings (SSSR count). The maximum absolute atomic E-state index is 12.6. The van der Waals surface area contributed by atoms with Crippen LogP contribution in [0.15, 0.2) is 48.5 Å². The molecule has 4 aromatic rings. The van der Waals surface area contributed by atoms with Crippen molar-refractivity contribution in [2.45, 2.75) is 13.8 Å². The highest BCUT2D eigenvalue weighted by molar-refractivity contribution is 7.20. The fraction of sp³-hybridized carbons (Fsp3) is 0.105. The van der Waals surface area contributed by atoms with E-state index in [1.807, 2.05) is 50.2 Å². The quantitative estimate of drug-likeness (QED) is 0.542. The summed E-state index contributed by atoms with van der Waals surface area (Å²) in [4.78, 5) is 17.1. The average molecular weight is 383 g/mol. The molecule has 0 aliphatic carbocycles. The zero-order valence-corrected chi connectivity index (χ0v) is 15.7. The molecule has 0 aliphatic heterocycles. The minimum Gasteiger partial charge on any atom is -0.306 e. The van der Waals surface area contributed by atoms with Gasteiger partial charge in [-0.15, -0.1) is 0 Å². The van der Waals surface area contributed by atoms with Gasteiger partial charge in [0.2, 0.25) is 5.13 Å². The zero-order valence-electron chi connectivity index (χ0n) is 14.2. The predicted molar refractivity (Wildman–Crippen MR) is 106 cm³/mol. The summed E-state index contributed by atoms with van der Waals surface area (Å²) >= 11 is 7.70. The summed E-state index contributed by atoms with van der Waals surface area (Å²) in [6.45, 7) is 3.86. The van der Waals surface area contributed by atoms with Gasteiger partial charge in [0, 0.05) is 11.6 Å². The summed E-state index contributed by atoms with van der Waals surface area (Å²) in [5, 5.41) is 8.64. The second kappa shape index (κ2) is 6.55. The lowest BCUT2D eigenvalue weighted by Crippen LogP contribution is -2.15. The molecule has 0 fully saturated rings. The van der Waals surface area contributed by atoms with Crippen molar-refractivity contribution in [3.8, 4) is 5.13 Å². The van der Waals surface area contributed by atoms with Crippen LogP contribution in [-0.2, 0) is 0 Å². The molecule has 0 saturated heterocycles. The van der Waals surface area contributed by atoms with Gasteiger partial charge in [-0.25, -0.2) is 4.98 Å². The molecule has 0 radical (unpaired) electrons. The van der Waals surface area contributed by atoms with Crippen molar-refractivity contribution < 1.29 is 4.79 Å². The van der Waals surface area contributed by atoms with Gasteiger partial charge >= 0.3 is 0 Å². The number of carbonyl (C=O) groups is 1. The summed E-state index contributed by atoms with van der Waals surface area (Å²) in [6.07, 6.45) is 0. The van der Waals surface area contributed by atoms with Gasteiger partial charge in [-0.2, -0.15) is 9.78 Å². The van der Waals surface area contributed by atoms with Gasteiger partial charge in [0.1, 0.15) is 11.3 Å². The number of para-hydroxylation sites is 1. The Morgan fingerprint density at radius 2 is 1.92 bits per heavy atom. The first-order valence-corrected chi connectivity index (χ1v) is 9.21. The predicted octanol–water partition coefficient (Wildman–Crippen LogP) is 5.00. The third-order valence-corrected chi connectivity index (χ3v) is 5.23. The molecular formula is C19H15ClN4OS. The number of fused-ring (bicyclic) bond motifs is 1. The Morgan fingerprint density at radius 3 is 2.65 bits per heavy atom. The molecule has 2 heterocycles. The Labute approximate surface area is 159 Å². The lowest BCUT2D eigenvalue weighted by molar-refractivity contribution is 0.102. The first-order chi connectivity index (χ1) is 12.5. The smallest absolute Gasteiger partial charge is 0.256 e. The van der Waals surface area contributed by atoms with Crippen molar-refractivity contribution in [3.63, 3.8) is 0 Å². The average Bonchev–Trinajstić information content (AvgIpc) is 3.19. The van der Waals surface area contributed by atoms with E-state index in [4.69, 9.17) is 11.6 Å². The van der Waals surface area contributed by atoms with E-state index in [1.54, 1.807) is 16.8 Å². The molecule has 0 saturated carbocycles. The van der Waals surface area contributed by atoms with Crippen LogP contribution < -0.4 is 5.32 Å². The standard InChI is InChI=1S/C19H15ClN4OS/c1-11-6-8-13(9-7-11)18(25)21-16-10-12(2)23-24(16)19-22-17-14(20)4-3-5-15(17)26-19/h3-10H,1-2H3,(H,21,25). The van der Waals surface area contributed by atoms with Gasteiger partial charge in [-0.05, 0) is 38.1 Å². The molecule has 0 spiro atoms. The van der Waals surface area contributed by atoms with Gasteiger partial charge in [0.05, 0.1) is 15.4 Å². The Bertz CT molecular complexity index is 1110. The minimum absolute atomic E-state index is 0.190. The lowest BCUT2D eigenvalue weighted by Gasteiger charge is -2.06. The Hall–Kier alpha value is -2.70. The number of anilines is 1. The fourth-order valence-electron chi connectivity index (χ4n) is 2.62. The number of hydrogen-bond donors (Lipinski definition) is 1. The van der Waals surface area contributed by atoms with Gasteiger partial charge in [-0.3, -0.25) is 4.79 Å². The molecule has 7 heteroatoms. The fourth-order valence-corrected chi connectivity index (χ4v) is 3.85. The van der Waals surface area contributed by atoms with E-state index >= 15 is 0 Å². The van der Waals surface area contributed by atoms with Crippen LogP contribution in [0.5, 0.6) is 0 Å². The maximum atomic E-state index is 12.6. The second-order valence-corrected chi connectivity index (χ2v) is 7.40. The first kappa shape index (κ1) is 16.8. The van der Waals surface area contributed by atoms with Crippen LogP contribution >= 0.6 is 22.9 Å². The van der Waals surface area contributed by atoms with Crippen molar-refractivity contribution in [2.75, 3.05) is 5.32 Å². The summed E-state index contributed by atoms with van der Waals surface area (Å²) in [5.41, 5.74) is 3.22. The van der Waals surface area contributed by atoms with Crippen LogP contribution in [0.3, 0.4) is 0 Å². The molecule has 0 aliphatic rings. The normalized spacial score (nSPS) is 11.0. The molecule has 2 aromatic carbocycles. The summed E-state index contributed by atoms with van der Waals surface area (Å²) in [6, 6.07) is 14.9. The summed E-state index contributed by atoms with van der Waals surface area (Å²) < 4.78 is 2.61. The Morgan fingerprint density at radius 1 is 1.15 bits per heavy atom. The van der Waals surface area contributed by atoms with Crippen LogP contribution in [0.1, 0.15) is 21.6 Å². The van der Waals surface area contributed by atoms with E-state index < -0.39 is 0 Å². The summed E-state index contributed by atoms with van der Waals surface area (Å²) in [7, 11) is 0. The monoisotopic (exact) mass is 382 g/mol. The second-order valence-electron chi connectivity index (χ2n) is 5.99. The summed E-state index contributed by atoms with van der Waals surface area (Å²) in [5.74, 6) is 0.383.